The number of amides is 2. The molecule has 0 unspecified atom stereocenters. The number of carbonyl (C=O) groups is 2. The molecule has 0 rings (SSSR count). The number of rotatable bonds is 7. The number of carbonyl (C=O) groups excluding carboxylic acids is 2. The van der Waals surface area contributed by atoms with Crippen molar-refractivity contribution in [2.75, 3.05) is 19.0 Å². The molecule has 17 heavy (non-hydrogen) atoms. The molecule has 5 heteroatoms. The maximum Gasteiger partial charge on any atom is 0.234 e. The molecule has 2 N–H and O–H groups in total. The van der Waals surface area contributed by atoms with E-state index >= 15 is 0 Å². The van der Waals surface area contributed by atoms with Crippen LogP contribution < -0.4 is 10.6 Å². The first-order valence-electron chi connectivity index (χ1n) is 5.89. The summed E-state index contributed by atoms with van der Waals surface area (Å²) in [6.07, 6.45) is 0.288. The highest BCUT2D eigenvalue weighted by Crippen LogP contribution is 2.24. The smallest absolute Gasteiger partial charge is 0.234 e. The van der Waals surface area contributed by atoms with Crippen molar-refractivity contribution in [3.05, 3.63) is 0 Å². The van der Waals surface area contributed by atoms with Gasteiger partial charge in [-0.05, 0) is 11.3 Å². The number of nitrogens with one attached hydrogen (secondary N) is 2. The lowest BCUT2D eigenvalue weighted by molar-refractivity contribution is -0.122. The van der Waals surface area contributed by atoms with E-state index in [1.807, 2.05) is 0 Å². The molecule has 4 nitrogen and oxygen atoms in total. The topological polar surface area (TPSA) is 58.2 Å². The van der Waals surface area contributed by atoms with Gasteiger partial charge in [0, 0.05) is 19.5 Å². The van der Waals surface area contributed by atoms with E-state index in [0.29, 0.717) is 19.0 Å². The Kier molecular flexibility index (Phi) is 7.19. The average molecular weight is 263 g/mol. The van der Waals surface area contributed by atoms with Crippen LogP contribution in [0.5, 0.6) is 0 Å². The fourth-order valence-corrected chi connectivity index (χ4v) is 1.08. The summed E-state index contributed by atoms with van der Waals surface area (Å²) in [5.74, 6) is 0.136. The zero-order valence-corrected chi connectivity index (χ0v) is 11.9. The standard InChI is InChI=1S/C12H23ClN2O2/c1-9(2)12(3,4)8-15-10(16)5-6-14-11(17)7-13/h9H,5-8H2,1-4H3,(H,14,17)(H,15,16). The van der Waals surface area contributed by atoms with Crippen molar-refractivity contribution in [3.8, 4) is 0 Å². The highest BCUT2D eigenvalue weighted by Gasteiger charge is 2.22. The first-order valence-corrected chi connectivity index (χ1v) is 6.42. The van der Waals surface area contributed by atoms with E-state index in [1.165, 1.54) is 0 Å². The molecule has 0 aliphatic carbocycles. The van der Waals surface area contributed by atoms with Gasteiger partial charge in [0.05, 0.1) is 0 Å². The fraction of sp³-hybridized carbons (Fsp3) is 0.833. The maximum atomic E-state index is 11.5. The van der Waals surface area contributed by atoms with Crippen LogP contribution in [0.3, 0.4) is 0 Å². The highest BCUT2D eigenvalue weighted by atomic mass is 35.5. The summed E-state index contributed by atoms with van der Waals surface area (Å²) in [6.45, 7) is 9.48. The van der Waals surface area contributed by atoms with Gasteiger partial charge in [0.1, 0.15) is 5.88 Å². The van der Waals surface area contributed by atoms with Crippen molar-refractivity contribution in [2.45, 2.75) is 34.1 Å². The summed E-state index contributed by atoms with van der Waals surface area (Å²) in [4.78, 5) is 22.3. The Morgan fingerprint density at radius 1 is 1.18 bits per heavy atom. The Labute approximate surface area is 108 Å². The predicted octanol–water partition coefficient (Wildman–Crippen LogP) is 1.53. The Morgan fingerprint density at radius 2 is 1.76 bits per heavy atom. The molecule has 0 aromatic carbocycles. The van der Waals surface area contributed by atoms with Gasteiger partial charge in [-0.3, -0.25) is 9.59 Å². The van der Waals surface area contributed by atoms with E-state index in [-0.39, 0.29) is 29.5 Å². The third-order valence-electron chi connectivity index (χ3n) is 3.10. The van der Waals surface area contributed by atoms with E-state index in [0.717, 1.165) is 0 Å². The van der Waals surface area contributed by atoms with Gasteiger partial charge in [0.2, 0.25) is 11.8 Å². The lowest BCUT2D eigenvalue weighted by Gasteiger charge is -2.29. The van der Waals surface area contributed by atoms with Crippen molar-refractivity contribution in [2.24, 2.45) is 11.3 Å². The molecule has 0 aromatic heterocycles. The van der Waals surface area contributed by atoms with Crippen molar-refractivity contribution in [1.29, 1.82) is 0 Å². The van der Waals surface area contributed by atoms with Crippen LogP contribution in [0.4, 0.5) is 0 Å². The molecule has 0 radical (unpaired) electrons. The molecule has 0 spiro atoms. The third kappa shape index (κ3) is 7.21. The van der Waals surface area contributed by atoms with Gasteiger partial charge in [-0.1, -0.05) is 27.7 Å². The van der Waals surface area contributed by atoms with Crippen molar-refractivity contribution < 1.29 is 9.59 Å². The SMILES string of the molecule is CC(C)C(C)(C)CNC(=O)CCNC(=O)CCl. The Balaban J connectivity index is 3.77. The molecule has 0 saturated carbocycles. The quantitative estimate of drug-likeness (QED) is 0.684. The average Bonchev–Trinajstić information content (AvgIpc) is 2.26. The predicted molar refractivity (Wildman–Crippen MR) is 70.0 cm³/mol. The van der Waals surface area contributed by atoms with Gasteiger partial charge < -0.3 is 10.6 Å². The lowest BCUT2D eigenvalue weighted by atomic mass is 9.81. The van der Waals surface area contributed by atoms with Crippen molar-refractivity contribution in [1.82, 2.24) is 10.6 Å². The third-order valence-corrected chi connectivity index (χ3v) is 3.34. The van der Waals surface area contributed by atoms with Gasteiger partial charge in [-0.25, -0.2) is 0 Å². The minimum Gasteiger partial charge on any atom is -0.356 e. The van der Waals surface area contributed by atoms with Gasteiger partial charge in [0.15, 0.2) is 0 Å². The summed E-state index contributed by atoms with van der Waals surface area (Å²) in [5, 5.41) is 5.42. The summed E-state index contributed by atoms with van der Waals surface area (Å²) in [6, 6.07) is 0. The number of hydrogen-bond donors (Lipinski definition) is 2. The van der Waals surface area contributed by atoms with Crippen LogP contribution in [0.25, 0.3) is 0 Å². The highest BCUT2D eigenvalue weighted by molar-refractivity contribution is 6.27. The van der Waals surface area contributed by atoms with Gasteiger partial charge >= 0.3 is 0 Å². The minimum atomic E-state index is -0.248. The fourth-order valence-electron chi connectivity index (χ4n) is 0.982. The maximum absolute atomic E-state index is 11.5. The summed E-state index contributed by atoms with van der Waals surface area (Å²) >= 11 is 5.31. The summed E-state index contributed by atoms with van der Waals surface area (Å²) < 4.78 is 0. The van der Waals surface area contributed by atoms with E-state index in [2.05, 4.69) is 38.3 Å². The molecule has 0 aliphatic heterocycles. The second kappa shape index (κ2) is 7.54. The van der Waals surface area contributed by atoms with Crippen LogP contribution >= 0.6 is 11.6 Å². The Morgan fingerprint density at radius 3 is 2.24 bits per heavy atom. The van der Waals surface area contributed by atoms with Crippen molar-refractivity contribution in [3.63, 3.8) is 0 Å². The molecule has 0 bridgehead atoms. The van der Waals surface area contributed by atoms with E-state index in [1.54, 1.807) is 0 Å². The first kappa shape index (κ1) is 16.2. The normalized spacial score (nSPS) is 11.4. The van der Waals surface area contributed by atoms with Crippen LogP contribution in [-0.4, -0.2) is 30.8 Å². The molecule has 0 aliphatic rings. The second-order valence-corrected chi connectivity index (χ2v) is 5.42. The molecular formula is C12H23ClN2O2. The molecule has 0 saturated heterocycles. The summed E-state index contributed by atoms with van der Waals surface area (Å²) in [5.41, 5.74) is 0.0784. The molecular weight excluding hydrogens is 240 g/mol. The second-order valence-electron chi connectivity index (χ2n) is 5.15. The Bertz CT molecular complexity index is 265. The largest absolute Gasteiger partial charge is 0.356 e. The van der Waals surface area contributed by atoms with Gasteiger partial charge in [-0.2, -0.15) is 0 Å². The van der Waals surface area contributed by atoms with Crippen molar-refractivity contribution >= 4 is 23.4 Å². The zero-order valence-electron chi connectivity index (χ0n) is 11.1. The van der Waals surface area contributed by atoms with E-state index in [9.17, 15) is 9.59 Å². The van der Waals surface area contributed by atoms with Crippen LogP contribution in [0, 0.1) is 11.3 Å². The Hall–Kier alpha value is -0.770. The molecule has 0 fully saturated rings. The number of hydrogen-bond acceptors (Lipinski definition) is 2. The lowest BCUT2D eigenvalue weighted by Crippen LogP contribution is -2.38. The molecule has 2 amide bonds. The van der Waals surface area contributed by atoms with Gasteiger partial charge in [0.25, 0.3) is 0 Å². The molecule has 0 aromatic rings. The van der Waals surface area contributed by atoms with E-state index < -0.39 is 0 Å². The van der Waals surface area contributed by atoms with Gasteiger partial charge in [-0.15, -0.1) is 11.6 Å². The van der Waals surface area contributed by atoms with Crippen LogP contribution in [-0.2, 0) is 9.59 Å². The van der Waals surface area contributed by atoms with E-state index in [4.69, 9.17) is 11.6 Å². The van der Waals surface area contributed by atoms with Crippen LogP contribution in [0.2, 0.25) is 0 Å². The molecule has 100 valence electrons. The monoisotopic (exact) mass is 262 g/mol. The minimum absolute atomic E-state index is 0.0476. The summed E-state index contributed by atoms with van der Waals surface area (Å²) in [7, 11) is 0. The number of alkyl halides is 1. The zero-order chi connectivity index (χ0) is 13.5. The van der Waals surface area contributed by atoms with Crippen LogP contribution in [0.1, 0.15) is 34.1 Å². The first-order chi connectivity index (χ1) is 7.79. The van der Waals surface area contributed by atoms with Crippen LogP contribution in [0.15, 0.2) is 0 Å². The molecule has 0 atom stereocenters. The molecule has 0 heterocycles. The number of halogens is 1.